The maximum absolute atomic E-state index is 13.3. The van der Waals surface area contributed by atoms with E-state index in [-0.39, 0.29) is 18.4 Å². The Balaban J connectivity index is 1.90. The summed E-state index contributed by atoms with van der Waals surface area (Å²) in [6.07, 6.45) is 0. The van der Waals surface area contributed by atoms with Crippen LogP contribution in [-0.2, 0) is 6.54 Å². The molecule has 0 aliphatic heterocycles. The highest BCUT2D eigenvalue weighted by atomic mass is 79.9. The summed E-state index contributed by atoms with van der Waals surface area (Å²) in [5.74, 6) is -0.328. The second-order valence-corrected chi connectivity index (χ2v) is 4.83. The number of halogens is 2. The molecule has 2 amide bonds. The van der Waals surface area contributed by atoms with Crippen molar-refractivity contribution in [2.45, 2.75) is 6.54 Å². The first kappa shape index (κ1) is 13.5. The lowest BCUT2D eigenvalue weighted by molar-refractivity contribution is 0.251. The first-order valence-corrected chi connectivity index (χ1v) is 6.48. The fourth-order valence-corrected chi connectivity index (χ4v) is 1.96. The first-order chi connectivity index (χ1) is 9.15. The predicted octanol–water partition coefficient (Wildman–Crippen LogP) is 3.91. The number of benzene rings is 2. The normalized spacial score (nSPS) is 10.0. The molecule has 0 aliphatic rings. The number of hydrogen-bond acceptors (Lipinski definition) is 1. The number of hydrogen-bond donors (Lipinski definition) is 2. The Hall–Kier alpha value is -1.88. The van der Waals surface area contributed by atoms with Crippen molar-refractivity contribution in [1.29, 1.82) is 0 Å². The van der Waals surface area contributed by atoms with Gasteiger partial charge in [-0.2, -0.15) is 0 Å². The second-order valence-electron chi connectivity index (χ2n) is 3.91. The van der Waals surface area contributed by atoms with Crippen LogP contribution < -0.4 is 10.6 Å². The summed E-state index contributed by atoms with van der Waals surface area (Å²) >= 11 is 3.32. The molecule has 0 heterocycles. The van der Waals surface area contributed by atoms with Crippen molar-refractivity contribution in [3.63, 3.8) is 0 Å². The van der Waals surface area contributed by atoms with E-state index in [1.165, 1.54) is 6.07 Å². The second kappa shape index (κ2) is 6.33. The standard InChI is InChI=1S/C14H12BrFN2O/c15-11-5-3-6-12(8-11)18-14(19)17-9-10-4-1-2-7-13(10)16/h1-8H,9H2,(H2,17,18,19). The maximum Gasteiger partial charge on any atom is 0.319 e. The van der Waals surface area contributed by atoms with E-state index in [4.69, 9.17) is 0 Å². The van der Waals surface area contributed by atoms with E-state index >= 15 is 0 Å². The molecule has 0 radical (unpaired) electrons. The van der Waals surface area contributed by atoms with Crippen molar-refractivity contribution in [2.75, 3.05) is 5.32 Å². The van der Waals surface area contributed by atoms with Gasteiger partial charge in [0.25, 0.3) is 0 Å². The fraction of sp³-hybridized carbons (Fsp3) is 0.0714. The molecule has 2 rings (SSSR count). The minimum absolute atomic E-state index is 0.145. The van der Waals surface area contributed by atoms with E-state index in [0.29, 0.717) is 11.3 Å². The molecule has 0 fully saturated rings. The van der Waals surface area contributed by atoms with Crippen molar-refractivity contribution < 1.29 is 9.18 Å². The molecular weight excluding hydrogens is 311 g/mol. The molecule has 0 atom stereocenters. The van der Waals surface area contributed by atoms with Crippen LogP contribution in [0, 0.1) is 5.82 Å². The quantitative estimate of drug-likeness (QED) is 0.883. The third kappa shape index (κ3) is 4.06. The number of carbonyl (C=O) groups is 1. The predicted molar refractivity (Wildman–Crippen MR) is 76.4 cm³/mol. The highest BCUT2D eigenvalue weighted by molar-refractivity contribution is 9.10. The summed E-state index contributed by atoms with van der Waals surface area (Å²) in [5, 5.41) is 5.27. The molecule has 2 aromatic carbocycles. The largest absolute Gasteiger partial charge is 0.334 e. The van der Waals surface area contributed by atoms with Gasteiger partial charge in [0.2, 0.25) is 0 Å². The van der Waals surface area contributed by atoms with E-state index in [1.807, 2.05) is 12.1 Å². The van der Waals surface area contributed by atoms with Crippen LogP contribution in [0.5, 0.6) is 0 Å². The van der Waals surface area contributed by atoms with Gasteiger partial charge in [-0.1, -0.05) is 40.2 Å². The van der Waals surface area contributed by atoms with Gasteiger partial charge in [0, 0.05) is 22.3 Å². The Labute approximate surface area is 119 Å². The topological polar surface area (TPSA) is 41.1 Å². The Morgan fingerprint density at radius 2 is 1.95 bits per heavy atom. The highest BCUT2D eigenvalue weighted by Gasteiger charge is 2.04. The van der Waals surface area contributed by atoms with Gasteiger partial charge < -0.3 is 10.6 Å². The number of amides is 2. The van der Waals surface area contributed by atoms with Crippen molar-refractivity contribution in [3.05, 3.63) is 64.4 Å². The summed E-state index contributed by atoms with van der Waals surface area (Å²) in [6, 6.07) is 13.2. The van der Waals surface area contributed by atoms with Gasteiger partial charge in [0.1, 0.15) is 5.82 Å². The number of anilines is 1. The van der Waals surface area contributed by atoms with Crippen molar-refractivity contribution in [2.24, 2.45) is 0 Å². The molecule has 0 saturated carbocycles. The zero-order valence-corrected chi connectivity index (χ0v) is 11.6. The van der Waals surface area contributed by atoms with E-state index in [0.717, 1.165) is 4.47 Å². The smallest absolute Gasteiger partial charge is 0.319 e. The third-order valence-electron chi connectivity index (χ3n) is 2.48. The van der Waals surface area contributed by atoms with Crippen LogP contribution in [0.2, 0.25) is 0 Å². The zero-order valence-electron chi connectivity index (χ0n) is 9.99. The van der Waals surface area contributed by atoms with Crippen LogP contribution in [-0.4, -0.2) is 6.03 Å². The molecule has 5 heteroatoms. The van der Waals surface area contributed by atoms with Crippen LogP contribution in [0.25, 0.3) is 0 Å². The number of nitrogens with one attached hydrogen (secondary N) is 2. The van der Waals surface area contributed by atoms with Crippen molar-refractivity contribution in [1.82, 2.24) is 5.32 Å². The SMILES string of the molecule is O=C(NCc1ccccc1F)Nc1cccc(Br)c1. The third-order valence-corrected chi connectivity index (χ3v) is 2.97. The summed E-state index contributed by atoms with van der Waals surface area (Å²) in [4.78, 5) is 11.6. The molecule has 0 saturated heterocycles. The summed E-state index contributed by atoms with van der Waals surface area (Å²) < 4.78 is 14.2. The van der Waals surface area contributed by atoms with E-state index in [9.17, 15) is 9.18 Å². The number of rotatable bonds is 3. The summed E-state index contributed by atoms with van der Waals surface area (Å²) in [5.41, 5.74) is 1.12. The molecule has 19 heavy (non-hydrogen) atoms. The van der Waals surface area contributed by atoms with Gasteiger partial charge in [0.05, 0.1) is 0 Å². The van der Waals surface area contributed by atoms with Gasteiger partial charge in [0.15, 0.2) is 0 Å². The minimum Gasteiger partial charge on any atom is -0.334 e. The van der Waals surface area contributed by atoms with Crippen molar-refractivity contribution in [3.8, 4) is 0 Å². The highest BCUT2D eigenvalue weighted by Crippen LogP contribution is 2.15. The fourth-order valence-electron chi connectivity index (χ4n) is 1.56. The number of urea groups is 1. The lowest BCUT2D eigenvalue weighted by Gasteiger charge is -2.08. The van der Waals surface area contributed by atoms with Crippen LogP contribution in [0.4, 0.5) is 14.9 Å². The first-order valence-electron chi connectivity index (χ1n) is 5.69. The Morgan fingerprint density at radius 3 is 2.68 bits per heavy atom. The van der Waals surface area contributed by atoms with Gasteiger partial charge in [-0.15, -0.1) is 0 Å². The Bertz CT molecular complexity index is 589. The lowest BCUT2D eigenvalue weighted by atomic mass is 10.2. The molecule has 0 unspecified atom stereocenters. The zero-order chi connectivity index (χ0) is 13.7. The van der Waals surface area contributed by atoms with E-state index < -0.39 is 0 Å². The van der Waals surface area contributed by atoms with Crippen LogP contribution in [0.15, 0.2) is 53.0 Å². The molecule has 0 bridgehead atoms. The van der Waals surface area contributed by atoms with Crippen molar-refractivity contribution >= 4 is 27.6 Å². The molecular formula is C14H12BrFN2O. The summed E-state index contributed by atoms with van der Waals surface area (Å²) in [6.45, 7) is 0.145. The van der Waals surface area contributed by atoms with Gasteiger partial charge >= 0.3 is 6.03 Å². The van der Waals surface area contributed by atoms with E-state index in [1.54, 1.807) is 30.3 Å². The van der Waals surface area contributed by atoms with Crippen LogP contribution >= 0.6 is 15.9 Å². The Kier molecular flexibility index (Phi) is 4.52. The molecule has 0 spiro atoms. The molecule has 0 aliphatic carbocycles. The van der Waals surface area contributed by atoms with E-state index in [2.05, 4.69) is 26.6 Å². The minimum atomic E-state index is -0.374. The average Bonchev–Trinajstić information content (AvgIpc) is 2.38. The molecule has 98 valence electrons. The molecule has 2 N–H and O–H groups in total. The molecule has 3 nitrogen and oxygen atoms in total. The molecule has 2 aromatic rings. The monoisotopic (exact) mass is 322 g/mol. The lowest BCUT2D eigenvalue weighted by Crippen LogP contribution is -2.28. The van der Waals surface area contributed by atoms with Crippen LogP contribution in [0.3, 0.4) is 0 Å². The Morgan fingerprint density at radius 1 is 1.16 bits per heavy atom. The maximum atomic E-state index is 13.3. The van der Waals surface area contributed by atoms with Crippen LogP contribution in [0.1, 0.15) is 5.56 Å². The van der Waals surface area contributed by atoms with Gasteiger partial charge in [-0.3, -0.25) is 0 Å². The summed E-state index contributed by atoms with van der Waals surface area (Å²) in [7, 11) is 0. The average molecular weight is 323 g/mol. The van der Waals surface area contributed by atoms with Gasteiger partial charge in [-0.05, 0) is 24.3 Å². The van der Waals surface area contributed by atoms with Gasteiger partial charge in [-0.25, -0.2) is 9.18 Å². The number of carbonyl (C=O) groups excluding carboxylic acids is 1. The molecule has 0 aromatic heterocycles.